The molecule has 0 radical (unpaired) electrons. The van der Waals surface area contributed by atoms with Crippen LogP contribution in [0.4, 0.5) is 5.69 Å². The second-order valence-electron chi connectivity index (χ2n) is 4.68. The second kappa shape index (κ2) is 7.87. The smallest absolute Gasteiger partial charge is 0.337 e. The minimum absolute atomic E-state index is 0. The van der Waals surface area contributed by atoms with Gasteiger partial charge in [-0.25, -0.2) is 4.79 Å². The van der Waals surface area contributed by atoms with Crippen molar-refractivity contribution in [2.75, 3.05) is 25.5 Å². The van der Waals surface area contributed by atoms with Crippen molar-refractivity contribution >= 4 is 30.0 Å². The molecule has 1 amide bonds. The van der Waals surface area contributed by atoms with Gasteiger partial charge in [0.05, 0.1) is 12.7 Å². The van der Waals surface area contributed by atoms with Crippen LogP contribution in [0, 0.1) is 5.92 Å². The number of methoxy groups -OCH3 is 1. The summed E-state index contributed by atoms with van der Waals surface area (Å²) >= 11 is 0. The Labute approximate surface area is 124 Å². The number of amides is 1. The first-order valence-electron chi connectivity index (χ1n) is 6.38. The summed E-state index contributed by atoms with van der Waals surface area (Å²) in [6.45, 7) is 1.88. The fourth-order valence-corrected chi connectivity index (χ4v) is 2.20. The van der Waals surface area contributed by atoms with Crippen molar-refractivity contribution < 1.29 is 14.3 Å². The normalized spacial score (nSPS) is 17.1. The number of hydrogen-bond donors (Lipinski definition) is 2. The second-order valence-corrected chi connectivity index (χ2v) is 4.68. The van der Waals surface area contributed by atoms with Gasteiger partial charge in [0.25, 0.3) is 0 Å². The molecule has 1 saturated heterocycles. The Bertz CT molecular complexity index is 473. The molecule has 5 nitrogen and oxygen atoms in total. The van der Waals surface area contributed by atoms with Gasteiger partial charge in [0, 0.05) is 12.1 Å². The topological polar surface area (TPSA) is 67.4 Å². The van der Waals surface area contributed by atoms with Gasteiger partial charge >= 0.3 is 5.97 Å². The Morgan fingerprint density at radius 3 is 2.90 bits per heavy atom. The van der Waals surface area contributed by atoms with Crippen molar-refractivity contribution in [1.29, 1.82) is 0 Å². The van der Waals surface area contributed by atoms with Gasteiger partial charge in [-0.3, -0.25) is 4.79 Å². The molecule has 6 heteroatoms. The summed E-state index contributed by atoms with van der Waals surface area (Å²) in [5.74, 6) is -0.0180. The molecule has 1 fully saturated rings. The number of rotatable bonds is 4. The predicted molar refractivity (Wildman–Crippen MR) is 79.3 cm³/mol. The molecule has 2 N–H and O–H groups in total. The number of carbonyl (C=O) groups excluding carboxylic acids is 2. The summed E-state index contributed by atoms with van der Waals surface area (Å²) in [4.78, 5) is 23.3. The third-order valence-corrected chi connectivity index (χ3v) is 3.20. The number of benzene rings is 1. The van der Waals surface area contributed by atoms with E-state index in [1.165, 1.54) is 7.11 Å². The quantitative estimate of drug-likeness (QED) is 0.832. The lowest BCUT2D eigenvalue weighted by Crippen LogP contribution is -2.18. The summed E-state index contributed by atoms with van der Waals surface area (Å²) in [7, 11) is 1.33. The Morgan fingerprint density at radius 1 is 1.45 bits per heavy atom. The maximum absolute atomic E-state index is 11.9. The van der Waals surface area contributed by atoms with E-state index in [0.717, 1.165) is 19.5 Å². The van der Waals surface area contributed by atoms with E-state index in [4.69, 9.17) is 0 Å². The Morgan fingerprint density at radius 2 is 2.25 bits per heavy atom. The van der Waals surface area contributed by atoms with Crippen molar-refractivity contribution in [1.82, 2.24) is 5.32 Å². The van der Waals surface area contributed by atoms with Gasteiger partial charge in [0.2, 0.25) is 5.91 Å². The molecule has 0 spiro atoms. The van der Waals surface area contributed by atoms with Gasteiger partial charge < -0.3 is 15.4 Å². The van der Waals surface area contributed by atoms with Crippen LogP contribution in [-0.2, 0) is 9.53 Å². The van der Waals surface area contributed by atoms with Gasteiger partial charge in [-0.2, -0.15) is 0 Å². The molecule has 1 aliphatic rings. The zero-order valence-electron chi connectivity index (χ0n) is 11.3. The first kappa shape index (κ1) is 16.5. The van der Waals surface area contributed by atoms with Crippen LogP contribution in [0.2, 0.25) is 0 Å². The third-order valence-electron chi connectivity index (χ3n) is 3.20. The van der Waals surface area contributed by atoms with E-state index in [9.17, 15) is 9.59 Å². The summed E-state index contributed by atoms with van der Waals surface area (Å²) in [5, 5.41) is 6.05. The Balaban J connectivity index is 0.00000200. The molecule has 1 aromatic carbocycles. The molecule has 1 atom stereocenters. The number of nitrogens with one attached hydrogen (secondary N) is 2. The molecule has 1 aliphatic heterocycles. The van der Waals surface area contributed by atoms with Gasteiger partial charge in [0.1, 0.15) is 0 Å². The van der Waals surface area contributed by atoms with E-state index in [-0.39, 0.29) is 18.3 Å². The first-order valence-corrected chi connectivity index (χ1v) is 6.38. The number of hydrogen-bond acceptors (Lipinski definition) is 4. The monoisotopic (exact) mass is 298 g/mol. The van der Waals surface area contributed by atoms with E-state index in [1.54, 1.807) is 24.3 Å². The summed E-state index contributed by atoms with van der Waals surface area (Å²) < 4.78 is 4.64. The van der Waals surface area contributed by atoms with Crippen LogP contribution in [-0.4, -0.2) is 32.1 Å². The maximum atomic E-state index is 11.9. The molecule has 0 aliphatic carbocycles. The van der Waals surface area contributed by atoms with Crippen LogP contribution in [0.3, 0.4) is 0 Å². The largest absolute Gasteiger partial charge is 0.465 e. The average molecular weight is 299 g/mol. The van der Waals surface area contributed by atoms with E-state index in [2.05, 4.69) is 15.4 Å². The fourth-order valence-electron chi connectivity index (χ4n) is 2.20. The van der Waals surface area contributed by atoms with Crippen LogP contribution < -0.4 is 10.6 Å². The maximum Gasteiger partial charge on any atom is 0.337 e. The summed E-state index contributed by atoms with van der Waals surface area (Å²) in [6, 6.07) is 6.76. The van der Waals surface area contributed by atoms with E-state index < -0.39 is 5.97 Å². The van der Waals surface area contributed by atoms with Crippen molar-refractivity contribution in [3.8, 4) is 0 Å². The van der Waals surface area contributed by atoms with E-state index in [0.29, 0.717) is 23.6 Å². The van der Waals surface area contributed by atoms with Crippen molar-refractivity contribution in [3.63, 3.8) is 0 Å². The highest BCUT2D eigenvalue weighted by atomic mass is 35.5. The standard InChI is InChI=1S/C14H18N2O3.ClH/c1-19-14(18)11-3-2-4-12(8-11)16-13(17)7-10-5-6-15-9-10;/h2-4,8,10,15H,5-7,9H2,1H3,(H,16,17);1H. The number of anilines is 1. The zero-order valence-corrected chi connectivity index (χ0v) is 12.2. The summed E-state index contributed by atoms with van der Waals surface area (Å²) in [6.07, 6.45) is 1.55. The highest BCUT2D eigenvalue weighted by molar-refractivity contribution is 5.94. The molecule has 2 rings (SSSR count). The average Bonchev–Trinajstić information content (AvgIpc) is 2.90. The molecular formula is C14H19ClN2O3. The number of halogens is 1. The van der Waals surface area contributed by atoms with Crippen molar-refractivity contribution in [3.05, 3.63) is 29.8 Å². The molecule has 0 bridgehead atoms. The highest BCUT2D eigenvalue weighted by Gasteiger charge is 2.18. The van der Waals surface area contributed by atoms with Crippen LogP contribution in [0.1, 0.15) is 23.2 Å². The molecule has 1 aromatic rings. The minimum Gasteiger partial charge on any atom is -0.465 e. The lowest BCUT2D eigenvalue weighted by molar-refractivity contribution is -0.116. The van der Waals surface area contributed by atoms with Crippen LogP contribution in [0.25, 0.3) is 0 Å². The van der Waals surface area contributed by atoms with Crippen LogP contribution in [0.15, 0.2) is 24.3 Å². The van der Waals surface area contributed by atoms with Gasteiger partial charge in [-0.15, -0.1) is 12.4 Å². The molecule has 1 heterocycles. The molecule has 0 aromatic heterocycles. The molecule has 110 valence electrons. The van der Waals surface area contributed by atoms with Gasteiger partial charge in [-0.05, 0) is 43.6 Å². The van der Waals surface area contributed by atoms with Gasteiger partial charge in [0.15, 0.2) is 0 Å². The predicted octanol–water partition coefficient (Wildman–Crippen LogP) is 1.83. The molecule has 20 heavy (non-hydrogen) atoms. The zero-order chi connectivity index (χ0) is 13.7. The number of carbonyl (C=O) groups is 2. The van der Waals surface area contributed by atoms with Crippen molar-refractivity contribution in [2.24, 2.45) is 5.92 Å². The summed E-state index contributed by atoms with van der Waals surface area (Å²) in [5.41, 5.74) is 1.06. The lowest BCUT2D eigenvalue weighted by Gasteiger charge is -2.09. The van der Waals surface area contributed by atoms with E-state index >= 15 is 0 Å². The Kier molecular flexibility index (Phi) is 6.48. The molecule has 0 saturated carbocycles. The number of ether oxygens (including phenoxy) is 1. The number of esters is 1. The van der Waals surface area contributed by atoms with Crippen LogP contribution in [0.5, 0.6) is 0 Å². The Hall–Kier alpha value is -1.59. The third kappa shape index (κ3) is 4.51. The first-order chi connectivity index (χ1) is 9.19. The molecule has 1 unspecified atom stereocenters. The molecular weight excluding hydrogens is 280 g/mol. The minimum atomic E-state index is -0.406. The SMILES string of the molecule is COC(=O)c1cccc(NC(=O)CC2CCNC2)c1.Cl. The van der Waals surface area contributed by atoms with Crippen LogP contribution >= 0.6 is 12.4 Å². The van der Waals surface area contributed by atoms with Gasteiger partial charge in [-0.1, -0.05) is 6.07 Å². The lowest BCUT2D eigenvalue weighted by atomic mass is 10.0. The van der Waals surface area contributed by atoms with E-state index in [1.807, 2.05) is 0 Å². The fraction of sp³-hybridized carbons (Fsp3) is 0.429. The highest BCUT2D eigenvalue weighted by Crippen LogP contribution is 2.15. The van der Waals surface area contributed by atoms with Crippen molar-refractivity contribution in [2.45, 2.75) is 12.8 Å².